The van der Waals surface area contributed by atoms with E-state index < -0.39 is 17.9 Å². The highest BCUT2D eigenvalue weighted by molar-refractivity contribution is 7.16. The quantitative estimate of drug-likeness (QED) is 0.796. The van der Waals surface area contributed by atoms with Crippen molar-refractivity contribution in [2.24, 2.45) is 4.99 Å². The standard InChI is InChI=1S/C16H14N2O4S/c1-2-11(15(20)21)18-12-5-3-4-6-13(12)23-16(18)17-14(19)10-7-8-22-9-10/h3-9,11H,2H2,1H3,(H,20,21)/b17-16+. The monoisotopic (exact) mass is 330 g/mol. The number of carbonyl (C=O) groups excluding carboxylic acids is 1. The van der Waals surface area contributed by atoms with Crippen molar-refractivity contribution in [2.45, 2.75) is 19.4 Å². The lowest BCUT2D eigenvalue weighted by Gasteiger charge is -2.13. The summed E-state index contributed by atoms with van der Waals surface area (Å²) in [5.74, 6) is -1.41. The van der Waals surface area contributed by atoms with Crippen LogP contribution < -0.4 is 4.80 Å². The molecule has 0 radical (unpaired) electrons. The first-order chi connectivity index (χ1) is 11.1. The third-order valence-corrected chi connectivity index (χ3v) is 4.52. The van der Waals surface area contributed by atoms with E-state index in [0.29, 0.717) is 16.8 Å². The molecule has 0 aliphatic heterocycles. The first kappa shape index (κ1) is 15.2. The van der Waals surface area contributed by atoms with Gasteiger partial charge in [-0.25, -0.2) is 4.79 Å². The number of nitrogens with zero attached hydrogens (tertiary/aromatic N) is 2. The van der Waals surface area contributed by atoms with Crippen molar-refractivity contribution in [2.75, 3.05) is 0 Å². The number of carbonyl (C=O) groups is 2. The maximum atomic E-state index is 12.2. The third kappa shape index (κ3) is 2.83. The van der Waals surface area contributed by atoms with E-state index in [9.17, 15) is 14.7 Å². The number of rotatable bonds is 4. The first-order valence-electron chi connectivity index (χ1n) is 7.06. The van der Waals surface area contributed by atoms with Crippen molar-refractivity contribution in [3.8, 4) is 0 Å². The fraction of sp³-hybridized carbons (Fsp3) is 0.188. The Bertz CT molecular complexity index is 921. The second-order valence-corrected chi connectivity index (χ2v) is 5.92. The van der Waals surface area contributed by atoms with E-state index in [4.69, 9.17) is 4.42 Å². The van der Waals surface area contributed by atoms with Gasteiger partial charge in [0.2, 0.25) is 0 Å². The van der Waals surface area contributed by atoms with Gasteiger partial charge < -0.3 is 14.1 Å². The molecule has 1 amide bonds. The molecule has 7 heteroatoms. The number of aliphatic carboxylic acids is 1. The molecule has 0 fully saturated rings. The lowest BCUT2D eigenvalue weighted by atomic mass is 10.2. The van der Waals surface area contributed by atoms with Crippen molar-refractivity contribution < 1.29 is 19.1 Å². The molecular formula is C16H14N2O4S. The van der Waals surface area contributed by atoms with Gasteiger partial charge in [0, 0.05) is 0 Å². The predicted molar refractivity (Wildman–Crippen MR) is 85.4 cm³/mol. The van der Waals surface area contributed by atoms with Crippen molar-refractivity contribution in [1.29, 1.82) is 0 Å². The van der Waals surface area contributed by atoms with Gasteiger partial charge in [-0.1, -0.05) is 30.4 Å². The smallest absolute Gasteiger partial charge is 0.326 e. The van der Waals surface area contributed by atoms with E-state index in [-0.39, 0.29) is 0 Å². The number of hydrogen-bond acceptors (Lipinski definition) is 4. The zero-order valence-electron chi connectivity index (χ0n) is 12.3. The summed E-state index contributed by atoms with van der Waals surface area (Å²) in [6.07, 6.45) is 3.11. The van der Waals surface area contributed by atoms with Crippen LogP contribution in [0.2, 0.25) is 0 Å². The summed E-state index contributed by atoms with van der Waals surface area (Å²) in [4.78, 5) is 28.3. The van der Waals surface area contributed by atoms with E-state index in [1.807, 2.05) is 24.3 Å². The maximum absolute atomic E-state index is 12.2. The van der Waals surface area contributed by atoms with Gasteiger partial charge in [-0.15, -0.1) is 0 Å². The minimum absolute atomic E-state index is 0.331. The van der Waals surface area contributed by atoms with Crippen LogP contribution in [0.15, 0.2) is 52.3 Å². The van der Waals surface area contributed by atoms with Gasteiger partial charge in [-0.2, -0.15) is 4.99 Å². The Morgan fingerprint density at radius 2 is 2.13 bits per heavy atom. The Hall–Kier alpha value is -2.67. The fourth-order valence-electron chi connectivity index (χ4n) is 2.38. The second kappa shape index (κ2) is 6.21. The molecule has 0 saturated carbocycles. The van der Waals surface area contributed by atoms with Crippen LogP contribution >= 0.6 is 11.3 Å². The summed E-state index contributed by atoms with van der Waals surface area (Å²) in [5, 5.41) is 9.49. The van der Waals surface area contributed by atoms with E-state index in [0.717, 1.165) is 10.2 Å². The van der Waals surface area contributed by atoms with E-state index in [1.165, 1.54) is 29.9 Å². The number of thiazole rings is 1. The molecule has 23 heavy (non-hydrogen) atoms. The zero-order chi connectivity index (χ0) is 16.4. The minimum atomic E-state index is -0.951. The van der Waals surface area contributed by atoms with Crippen LogP contribution in [0.5, 0.6) is 0 Å². The number of hydrogen-bond donors (Lipinski definition) is 1. The lowest BCUT2D eigenvalue weighted by molar-refractivity contribution is -0.140. The van der Waals surface area contributed by atoms with Crippen LogP contribution in [0, 0.1) is 0 Å². The summed E-state index contributed by atoms with van der Waals surface area (Å²) < 4.78 is 7.38. The van der Waals surface area contributed by atoms with Crippen LogP contribution in [0.3, 0.4) is 0 Å². The maximum Gasteiger partial charge on any atom is 0.326 e. The average Bonchev–Trinajstić information content (AvgIpc) is 3.16. The average molecular weight is 330 g/mol. The summed E-state index contributed by atoms with van der Waals surface area (Å²) in [7, 11) is 0. The Morgan fingerprint density at radius 3 is 2.78 bits per heavy atom. The third-order valence-electron chi connectivity index (χ3n) is 3.48. The van der Waals surface area contributed by atoms with Gasteiger partial charge in [-0.05, 0) is 24.6 Å². The van der Waals surface area contributed by atoms with Crippen molar-refractivity contribution in [3.63, 3.8) is 0 Å². The number of fused-ring (bicyclic) bond motifs is 1. The predicted octanol–water partition coefficient (Wildman–Crippen LogP) is 3.07. The molecule has 0 spiro atoms. The molecule has 1 atom stereocenters. The second-order valence-electron chi connectivity index (χ2n) is 4.91. The van der Waals surface area contributed by atoms with Crippen LogP contribution in [-0.2, 0) is 4.79 Å². The molecule has 118 valence electrons. The van der Waals surface area contributed by atoms with Gasteiger partial charge >= 0.3 is 5.97 Å². The minimum Gasteiger partial charge on any atom is -0.480 e. The number of para-hydroxylation sites is 1. The highest BCUT2D eigenvalue weighted by atomic mass is 32.1. The van der Waals surface area contributed by atoms with Crippen LogP contribution in [-0.4, -0.2) is 21.6 Å². The van der Waals surface area contributed by atoms with Crippen molar-refractivity contribution >= 4 is 33.4 Å². The number of carboxylic acid groups (broad SMARTS) is 1. The first-order valence-corrected chi connectivity index (χ1v) is 7.87. The zero-order valence-corrected chi connectivity index (χ0v) is 13.1. The number of aromatic nitrogens is 1. The largest absolute Gasteiger partial charge is 0.480 e. The molecular weight excluding hydrogens is 316 g/mol. The Balaban J connectivity index is 2.24. The summed E-state index contributed by atoms with van der Waals surface area (Å²) in [6, 6.07) is 8.17. The molecule has 3 aromatic rings. The highest BCUT2D eigenvalue weighted by Crippen LogP contribution is 2.22. The molecule has 2 heterocycles. The summed E-state index contributed by atoms with van der Waals surface area (Å²) >= 11 is 1.29. The van der Waals surface area contributed by atoms with Gasteiger partial charge in [0.25, 0.3) is 5.91 Å². The topological polar surface area (TPSA) is 84.8 Å². The highest BCUT2D eigenvalue weighted by Gasteiger charge is 2.22. The molecule has 1 unspecified atom stereocenters. The van der Waals surface area contributed by atoms with Crippen molar-refractivity contribution in [1.82, 2.24) is 4.57 Å². The lowest BCUT2D eigenvalue weighted by Crippen LogP contribution is -2.27. The number of benzene rings is 1. The summed E-state index contributed by atoms with van der Waals surface area (Å²) in [6.45, 7) is 1.79. The normalized spacial score (nSPS) is 13.3. The van der Waals surface area contributed by atoms with Gasteiger partial charge in [0.05, 0.1) is 22.0 Å². The Kier molecular flexibility index (Phi) is 4.12. The van der Waals surface area contributed by atoms with E-state index >= 15 is 0 Å². The molecule has 3 rings (SSSR count). The number of amides is 1. The Morgan fingerprint density at radius 1 is 1.35 bits per heavy atom. The molecule has 2 aromatic heterocycles. The Labute approximate surface area is 135 Å². The molecule has 1 aromatic carbocycles. The van der Waals surface area contributed by atoms with Gasteiger partial charge in [-0.3, -0.25) is 4.79 Å². The molecule has 0 aliphatic carbocycles. The number of carboxylic acids is 1. The molecule has 1 N–H and O–H groups in total. The summed E-state index contributed by atoms with van der Waals surface area (Å²) in [5.41, 5.74) is 1.09. The molecule has 0 aliphatic rings. The fourth-order valence-corrected chi connectivity index (χ4v) is 3.44. The molecule has 0 bridgehead atoms. The van der Waals surface area contributed by atoms with E-state index in [2.05, 4.69) is 4.99 Å². The molecule has 0 saturated heterocycles. The van der Waals surface area contributed by atoms with Crippen molar-refractivity contribution in [3.05, 3.63) is 53.2 Å². The van der Waals surface area contributed by atoms with Gasteiger partial charge in [0.15, 0.2) is 4.80 Å². The molecule has 6 nitrogen and oxygen atoms in total. The van der Waals surface area contributed by atoms with Crippen LogP contribution in [0.4, 0.5) is 0 Å². The van der Waals surface area contributed by atoms with Gasteiger partial charge in [0.1, 0.15) is 12.3 Å². The van der Waals surface area contributed by atoms with E-state index in [1.54, 1.807) is 11.5 Å². The number of furan rings is 1. The SMILES string of the molecule is CCC(C(=O)O)n1/c(=N\C(=O)c2ccoc2)sc2ccccc21. The van der Waals surface area contributed by atoms with Crippen LogP contribution in [0.25, 0.3) is 10.2 Å². The van der Waals surface area contributed by atoms with Crippen LogP contribution in [0.1, 0.15) is 29.7 Å².